The number of aromatic hydroxyl groups is 2. The molecule has 1 aliphatic heterocycles. The van der Waals surface area contributed by atoms with Gasteiger partial charge in [0.1, 0.15) is 17.6 Å². The second kappa shape index (κ2) is 4.60. The summed E-state index contributed by atoms with van der Waals surface area (Å²) in [6.45, 7) is 0. The van der Waals surface area contributed by atoms with E-state index < -0.39 is 6.10 Å². The highest BCUT2D eigenvalue weighted by atomic mass is 16.5. The molecule has 5 N–H and O–H groups in total. The lowest BCUT2D eigenvalue weighted by atomic mass is 9.98. The molecule has 6 nitrogen and oxygen atoms in total. The molecule has 0 spiro atoms. The SMILES string of the molecule is OC1=CC(O)C2=CC(O)=C(c3ccc(O)c(O)c3)OC2=C1. The van der Waals surface area contributed by atoms with Crippen LogP contribution in [0.3, 0.4) is 0 Å². The van der Waals surface area contributed by atoms with E-state index in [2.05, 4.69) is 0 Å². The highest BCUT2D eigenvalue weighted by Crippen LogP contribution is 2.37. The van der Waals surface area contributed by atoms with Crippen LogP contribution in [-0.4, -0.2) is 31.6 Å². The van der Waals surface area contributed by atoms with Gasteiger partial charge in [-0.2, -0.15) is 0 Å². The molecule has 0 fully saturated rings. The second-order valence-electron chi connectivity index (χ2n) is 4.66. The Balaban J connectivity index is 2.07. The number of allylic oxidation sites excluding steroid dienone is 2. The van der Waals surface area contributed by atoms with Gasteiger partial charge in [0.2, 0.25) is 0 Å². The van der Waals surface area contributed by atoms with Crippen molar-refractivity contribution in [2.24, 2.45) is 0 Å². The average Bonchev–Trinajstić information content (AvgIpc) is 2.42. The molecule has 1 unspecified atom stereocenters. The quantitative estimate of drug-likeness (QED) is 0.505. The molecule has 1 atom stereocenters. The molecular formula is C15H12O6. The fourth-order valence-electron chi connectivity index (χ4n) is 2.15. The first kappa shape index (κ1) is 13.1. The predicted octanol–water partition coefficient (Wildman–Crippen LogP) is 1.98. The summed E-state index contributed by atoms with van der Waals surface area (Å²) in [5.74, 6) is -0.791. The number of phenols is 2. The van der Waals surface area contributed by atoms with Crippen LogP contribution in [0.5, 0.6) is 11.5 Å². The number of benzene rings is 1. The minimum Gasteiger partial charge on any atom is -0.508 e. The molecule has 6 heteroatoms. The van der Waals surface area contributed by atoms with E-state index in [0.717, 1.165) is 0 Å². The zero-order valence-corrected chi connectivity index (χ0v) is 10.7. The Hall–Kier alpha value is -2.86. The van der Waals surface area contributed by atoms with E-state index in [1.165, 1.54) is 36.4 Å². The monoisotopic (exact) mass is 288 g/mol. The van der Waals surface area contributed by atoms with Crippen LogP contribution in [0.25, 0.3) is 5.76 Å². The summed E-state index contributed by atoms with van der Waals surface area (Å²) in [6.07, 6.45) is 2.76. The number of fused-ring (bicyclic) bond motifs is 1. The number of rotatable bonds is 1. The molecule has 1 aromatic carbocycles. The first-order chi connectivity index (χ1) is 9.95. The minimum absolute atomic E-state index is 0.0437. The Morgan fingerprint density at radius 2 is 1.71 bits per heavy atom. The lowest BCUT2D eigenvalue weighted by molar-refractivity contribution is 0.229. The number of hydrogen-bond donors (Lipinski definition) is 5. The van der Waals surface area contributed by atoms with Crippen molar-refractivity contribution in [3.05, 3.63) is 64.8 Å². The van der Waals surface area contributed by atoms with E-state index in [-0.39, 0.29) is 34.5 Å². The molecule has 3 rings (SSSR count). The van der Waals surface area contributed by atoms with Gasteiger partial charge in [-0.1, -0.05) is 0 Å². The van der Waals surface area contributed by atoms with E-state index in [4.69, 9.17) is 4.74 Å². The molecule has 0 radical (unpaired) electrons. The Labute approximate surface area is 119 Å². The fourth-order valence-corrected chi connectivity index (χ4v) is 2.15. The first-order valence-electron chi connectivity index (χ1n) is 6.11. The topological polar surface area (TPSA) is 110 Å². The molecule has 0 saturated carbocycles. The molecule has 0 saturated heterocycles. The van der Waals surface area contributed by atoms with Gasteiger partial charge in [-0.15, -0.1) is 0 Å². The van der Waals surface area contributed by atoms with E-state index in [9.17, 15) is 25.5 Å². The smallest absolute Gasteiger partial charge is 0.176 e. The maximum absolute atomic E-state index is 10.0. The molecule has 1 aliphatic carbocycles. The molecule has 21 heavy (non-hydrogen) atoms. The van der Waals surface area contributed by atoms with Gasteiger partial charge in [-0.05, 0) is 30.4 Å². The summed E-state index contributed by atoms with van der Waals surface area (Å²) in [7, 11) is 0. The fraction of sp³-hybridized carbons (Fsp3) is 0.0667. The van der Waals surface area contributed by atoms with Crippen LogP contribution in [0.2, 0.25) is 0 Å². The average molecular weight is 288 g/mol. The van der Waals surface area contributed by atoms with Gasteiger partial charge in [-0.25, -0.2) is 0 Å². The van der Waals surface area contributed by atoms with Crippen molar-refractivity contribution in [1.82, 2.24) is 0 Å². The van der Waals surface area contributed by atoms with Gasteiger partial charge in [-0.3, -0.25) is 0 Å². The largest absolute Gasteiger partial charge is 0.508 e. The minimum atomic E-state index is -1.08. The molecule has 0 bridgehead atoms. The van der Waals surface area contributed by atoms with Gasteiger partial charge in [0, 0.05) is 17.2 Å². The summed E-state index contributed by atoms with van der Waals surface area (Å²) >= 11 is 0. The van der Waals surface area contributed by atoms with E-state index in [1.807, 2.05) is 0 Å². The van der Waals surface area contributed by atoms with Gasteiger partial charge >= 0.3 is 0 Å². The standard InChI is InChI=1S/C15H12O6/c16-8-4-11(18)9-6-13(20)15(21-14(9)5-8)7-1-2-10(17)12(19)3-7/h1-6,11,16-20H. The van der Waals surface area contributed by atoms with Crippen LogP contribution < -0.4 is 0 Å². The molecule has 1 heterocycles. The number of phenolic OH excluding ortho intramolecular Hbond substituents is 2. The number of ether oxygens (including phenoxy) is 1. The summed E-state index contributed by atoms with van der Waals surface area (Å²) in [5.41, 5.74) is 0.652. The van der Waals surface area contributed by atoms with Crippen LogP contribution in [0.4, 0.5) is 0 Å². The summed E-state index contributed by atoms with van der Waals surface area (Å²) in [4.78, 5) is 0. The molecular weight excluding hydrogens is 276 g/mol. The van der Waals surface area contributed by atoms with Crippen LogP contribution in [0.15, 0.2) is 59.3 Å². The Kier molecular flexibility index (Phi) is 2.88. The zero-order chi connectivity index (χ0) is 15.1. The highest BCUT2D eigenvalue weighted by molar-refractivity contribution is 5.70. The maximum atomic E-state index is 10.0. The normalized spacial score (nSPS) is 21.0. The van der Waals surface area contributed by atoms with Crippen molar-refractivity contribution in [1.29, 1.82) is 0 Å². The van der Waals surface area contributed by atoms with Crippen molar-refractivity contribution < 1.29 is 30.3 Å². The van der Waals surface area contributed by atoms with Crippen LogP contribution >= 0.6 is 0 Å². The molecule has 2 aliphatic rings. The zero-order valence-electron chi connectivity index (χ0n) is 10.7. The number of aliphatic hydroxyl groups is 3. The van der Waals surface area contributed by atoms with E-state index in [1.54, 1.807) is 0 Å². The van der Waals surface area contributed by atoms with Crippen molar-refractivity contribution in [3.63, 3.8) is 0 Å². The molecule has 108 valence electrons. The third kappa shape index (κ3) is 2.21. The lowest BCUT2D eigenvalue weighted by Gasteiger charge is -2.25. The van der Waals surface area contributed by atoms with Crippen LogP contribution in [0, 0.1) is 0 Å². The first-order valence-corrected chi connectivity index (χ1v) is 6.11. The summed E-state index contributed by atoms with van der Waals surface area (Å²) in [5, 5.41) is 48.1. The van der Waals surface area contributed by atoms with Gasteiger partial charge in [0.15, 0.2) is 23.0 Å². The second-order valence-corrected chi connectivity index (χ2v) is 4.66. The number of aliphatic hydroxyl groups excluding tert-OH is 3. The van der Waals surface area contributed by atoms with Gasteiger partial charge in [0.25, 0.3) is 0 Å². The maximum Gasteiger partial charge on any atom is 0.176 e. The van der Waals surface area contributed by atoms with E-state index >= 15 is 0 Å². The van der Waals surface area contributed by atoms with Crippen LogP contribution in [-0.2, 0) is 4.74 Å². The predicted molar refractivity (Wildman–Crippen MR) is 73.3 cm³/mol. The molecule has 0 aromatic heterocycles. The van der Waals surface area contributed by atoms with Crippen LogP contribution in [0.1, 0.15) is 5.56 Å². The molecule has 1 aromatic rings. The third-order valence-electron chi connectivity index (χ3n) is 3.19. The summed E-state index contributed by atoms with van der Waals surface area (Å²) in [6, 6.07) is 3.94. The van der Waals surface area contributed by atoms with Crippen molar-refractivity contribution in [2.45, 2.75) is 6.10 Å². The number of hydrogen-bond acceptors (Lipinski definition) is 6. The Morgan fingerprint density at radius 1 is 0.952 bits per heavy atom. The van der Waals surface area contributed by atoms with E-state index in [0.29, 0.717) is 11.1 Å². The van der Waals surface area contributed by atoms with Crippen molar-refractivity contribution >= 4 is 5.76 Å². The Morgan fingerprint density at radius 3 is 2.43 bits per heavy atom. The summed E-state index contributed by atoms with van der Waals surface area (Å²) < 4.78 is 5.49. The third-order valence-corrected chi connectivity index (χ3v) is 3.19. The lowest BCUT2D eigenvalue weighted by Crippen LogP contribution is -2.19. The van der Waals surface area contributed by atoms with Gasteiger partial charge < -0.3 is 30.3 Å². The van der Waals surface area contributed by atoms with Gasteiger partial charge in [0.05, 0.1) is 0 Å². The Bertz CT molecular complexity index is 739. The molecule has 0 amide bonds. The van der Waals surface area contributed by atoms with Crippen molar-refractivity contribution in [2.75, 3.05) is 0 Å². The van der Waals surface area contributed by atoms with Crippen molar-refractivity contribution in [3.8, 4) is 11.5 Å². The highest BCUT2D eigenvalue weighted by Gasteiger charge is 2.28.